The molecule has 9 heteroatoms. The molecule has 1 aliphatic heterocycles. The summed E-state index contributed by atoms with van der Waals surface area (Å²) in [7, 11) is 0. The SMILES string of the molecule is CCCCCCCCCC/C=C\CCCCCCCCCCCCCC(=O)NC(COC1OC(CO)C(O)C(O)C1O)C(O)/C=C/CCCCCCCCCCCCCCC. The number of aliphatic hydroxyl groups excluding tert-OH is 5. The fraction of sp³-hybridized carbons (Fsp3) is 0.904. The van der Waals surface area contributed by atoms with Crippen LogP contribution in [-0.2, 0) is 14.3 Å². The lowest BCUT2D eigenvalue weighted by Gasteiger charge is -2.40. The van der Waals surface area contributed by atoms with E-state index in [2.05, 4.69) is 31.3 Å². The van der Waals surface area contributed by atoms with Crippen LogP contribution in [0.3, 0.4) is 0 Å². The predicted molar refractivity (Wildman–Crippen MR) is 253 cm³/mol. The maximum Gasteiger partial charge on any atom is 0.220 e. The zero-order valence-electron chi connectivity index (χ0n) is 39.7. The quantitative estimate of drug-likeness (QED) is 0.0262. The summed E-state index contributed by atoms with van der Waals surface area (Å²) < 4.78 is 11.2. The Balaban J connectivity index is 2.26. The molecular formula is C52H99NO8. The number of nitrogens with one attached hydrogen (secondary N) is 1. The molecule has 61 heavy (non-hydrogen) atoms. The van der Waals surface area contributed by atoms with Crippen LogP contribution in [0.4, 0.5) is 0 Å². The van der Waals surface area contributed by atoms with E-state index in [-0.39, 0.29) is 12.5 Å². The first kappa shape index (κ1) is 57.7. The monoisotopic (exact) mass is 866 g/mol. The van der Waals surface area contributed by atoms with Gasteiger partial charge in [0.1, 0.15) is 24.4 Å². The molecule has 0 aromatic rings. The average molecular weight is 866 g/mol. The Morgan fingerprint density at radius 3 is 1.33 bits per heavy atom. The molecule has 1 saturated heterocycles. The lowest BCUT2D eigenvalue weighted by molar-refractivity contribution is -0.302. The molecule has 0 bridgehead atoms. The Morgan fingerprint density at radius 2 is 0.918 bits per heavy atom. The van der Waals surface area contributed by atoms with Crippen LogP contribution in [0, 0.1) is 0 Å². The molecule has 1 fully saturated rings. The van der Waals surface area contributed by atoms with E-state index in [0.29, 0.717) is 6.42 Å². The second-order valence-corrected chi connectivity index (χ2v) is 18.3. The number of carbonyl (C=O) groups is 1. The molecule has 1 rings (SSSR count). The van der Waals surface area contributed by atoms with Gasteiger partial charge in [0.2, 0.25) is 5.91 Å². The van der Waals surface area contributed by atoms with Crippen LogP contribution in [0.15, 0.2) is 24.3 Å². The van der Waals surface area contributed by atoms with Crippen molar-refractivity contribution in [3.63, 3.8) is 0 Å². The lowest BCUT2D eigenvalue weighted by Crippen LogP contribution is -2.60. The summed E-state index contributed by atoms with van der Waals surface area (Å²) >= 11 is 0. The van der Waals surface area contributed by atoms with Crippen molar-refractivity contribution in [3.8, 4) is 0 Å². The molecule has 360 valence electrons. The maximum atomic E-state index is 13.0. The van der Waals surface area contributed by atoms with Gasteiger partial charge >= 0.3 is 0 Å². The van der Waals surface area contributed by atoms with Crippen molar-refractivity contribution in [1.29, 1.82) is 0 Å². The molecular weight excluding hydrogens is 767 g/mol. The first-order chi connectivity index (χ1) is 29.8. The summed E-state index contributed by atoms with van der Waals surface area (Å²) in [6.07, 6.45) is 45.1. The number of rotatable bonds is 44. The highest BCUT2D eigenvalue weighted by molar-refractivity contribution is 5.76. The van der Waals surface area contributed by atoms with Crippen molar-refractivity contribution in [3.05, 3.63) is 24.3 Å². The van der Waals surface area contributed by atoms with Gasteiger partial charge in [0, 0.05) is 6.42 Å². The van der Waals surface area contributed by atoms with Crippen molar-refractivity contribution < 1.29 is 39.8 Å². The second kappa shape index (κ2) is 42.6. The molecule has 0 aromatic heterocycles. The molecule has 0 aliphatic carbocycles. The predicted octanol–water partition coefficient (Wildman–Crippen LogP) is 11.8. The van der Waals surface area contributed by atoms with Gasteiger partial charge in [0.25, 0.3) is 0 Å². The number of hydrogen-bond donors (Lipinski definition) is 6. The second-order valence-electron chi connectivity index (χ2n) is 18.3. The largest absolute Gasteiger partial charge is 0.394 e. The first-order valence-electron chi connectivity index (χ1n) is 26.1. The van der Waals surface area contributed by atoms with Crippen LogP contribution in [0.5, 0.6) is 0 Å². The Kier molecular flexibility index (Phi) is 40.3. The molecule has 6 N–H and O–H groups in total. The van der Waals surface area contributed by atoms with Crippen LogP contribution in [0.25, 0.3) is 0 Å². The van der Waals surface area contributed by atoms with Crippen LogP contribution in [-0.4, -0.2) is 87.5 Å². The van der Waals surface area contributed by atoms with Gasteiger partial charge in [-0.15, -0.1) is 0 Å². The van der Waals surface area contributed by atoms with Gasteiger partial charge in [-0.05, 0) is 44.9 Å². The summed E-state index contributed by atoms with van der Waals surface area (Å²) in [5.74, 6) is -0.176. The summed E-state index contributed by atoms with van der Waals surface area (Å²) in [5.41, 5.74) is 0. The number of hydrogen-bond acceptors (Lipinski definition) is 8. The minimum Gasteiger partial charge on any atom is -0.394 e. The number of carbonyl (C=O) groups excluding carboxylic acids is 1. The molecule has 0 radical (unpaired) electrons. The number of amides is 1. The Hall–Kier alpha value is -1.33. The summed E-state index contributed by atoms with van der Waals surface area (Å²) in [5, 5.41) is 54.3. The molecule has 0 aromatic carbocycles. The third-order valence-electron chi connectivity index (χ3n) is 12.5. The Labute approximate surface area is 375 Å². The van der Waals surface area contributed by atoms with Crippen LogP contribution in [0.1, 0.15) is 245 Å². The number of allylic oxidation sites excluding steroid dienone is 3. The third kappa shape index (κ3) is 32.9. The molecule has 9 nitrogen and oxygen atoms in total. The molecule has 1 amide bonds. The van der Waals surface area contributed by atoms with Gasteiger partial charge in [-0.2, -0.15) is 0 Å². The smallest absolute Gasteiger partial charge is 0.220 e. The maximum absolute atomic E-state index is 13.0. The molecule has 7 unspecified atom stereocenters. The van der Waals surface area contributed by atoms with Crippen molar-refractivity contribution in [1.82, 2.24) is 5.32 Å². The van der Waals surface area contributed by atoms with E-state index in [1.54, 1.807) is 6.08 Å². The van der Waals surface area contributed by atoms with Crippen molar-refractivity contribution in [2.75, 3.05) is 13.2 Å². The Morgan fingerprint density at radius 1 is 0.541 bits per heavy atom. The highest BCUT2D eigenvalue weighted by atomic mass is 16.7. The van der Waals surface area contributed by atoms with Crippen molar-refractivity contribution in [2.45, 2.75) is 288 Å². The van der Waals surface area contributed by atoms with E-state index >= 15 is 0 Å². The van der Waals surface area contributed by atoms with Crippen LogP contribution < -0.4 is 5.32 Å². The normalized spacial score (nSPS) is 20.5. The highest BCUT2D eigenvalue weighted by Crippen LogP contribution is 2.23. The van der Waals surface area contributed by atoms with Crippen LogP contribution in [0.2, 0.25) is 0 Å². The first-order valence-corrected chi connectivity index (χ1v) is 26.1. The third-order valence-corrected chi connectivity index (χ3v) is 12.5. The lowest BCUT2D eigenvalue weighted by atomic mass is 9.99. The fourth-order valence-corrected chi connectivity index (χ4v) is 8.33. The Bertz CT molecular complexity index is 1010. The molecule has 7 atom stereocenters. The van der Waals surface area contributed by atoms with E-state index in [9.17, 15) is 30.3 Å². The average Bonchev–Trinajstić information content (AvgIpc) is 3.26. The highest BCUT2D eigenvalue weighted by Gasteiger charge is 2.44. The molecule has 0 saturated carbocycles. The van der Waals surface area contributed by atoms with E-state index in [1.165, 1.54) is 186 Å². The fourth-order valence-electron chi connectivity index (χ4n) is 8.33. The zero-order chi connectivity index (χ0) is 44.4. The number of aliphatic hydroxyl groups is 5. The van der Waals surface area contributed by atoms with E-state index in [1.807, 2.05) is 6.08 Å². The van der Waals surface area contributed by atoms with Gasteiger partial charge in [0.15, 0.2) is 6.29 Å². The molecule has 0 spiro atoms. The minimum atomic E-state index is -1.56. The minimum absolute atomic E-state index is 0.176. The summed E-state index contributed by atoms with van der Waals surface area (Å²) in [4.78, 5) is 13.0. The van der Waals surface area contributed by atoms with Crippen molar-refractivity contribution >= 4 is 5.91 Å². The van der Waals surface area contributed by atoms with E-state index < -0.39 is 49.5 Å². The topological polar surface area (TPSA) is 149 Å². The molecule has 1 aliphatic rings. The number of ether oxygens (including phenoxy) is 2. The van der Waals surface area contributed by atoms with Gasteiger partial charge < -0.3 is 40.3 Å². The summed E-state index contributed by atoms with van der Waals surface area (Å²) in [6.45, 7) is 3.79. The summed E-state index contributed by atoms with van der Waals surface area (Å²) in [6, 6.07) is -0.802. The van der Waals surface area contributed by atoms with Crippen LogP contribution >= 0.6 is 0 Å². The molecule has 1 heterocycles. The zero-order valence-corrected chi connectivity index (χ0v) is 39.7. The van der Waals surface area contributed by atoms with Crippen molar-refractivity contribution in [2.24, 2.45) is 0 Å². The van der Waals surface area contributed by atoms with Gasteiger partial charge in [0.05, 0.1) is 25.4 Å². The van der Waals surface area contributed by atoms with Gasteiger partial charge in [-0.3, -0.25) is 4.79 Å². The van der Waals surface area contributed by atoms with E-state index in [0.717, 1.165) is 38.5 Å². The van der Waals surface area contributed by atoms with Gasteiger partial charge in [-0.25, -0.2) is 0 Å². The standard InChI is InChI=1S/C52H99NO8/c1-3-5-7-9-11-13-15-17-19-20-21-22-23-24-25-26-28-30-32-34-36-38-40-42-48(56)53-45(44-60-52-51(59)50(58)49(57)47(43-54)61-52)46(55)41-39-37-35-33-31-29-27-18-16-14-12-10-8-6-4-2/h20-21,39,41,45-47,49-52,54-55,57-59H,3-19,22-38,40,42-44H2,1-2H3,(H,53,56)/b21-20-,41-39+. The van der Waals surface area contributed by atoms with E-state index in [4.69, 9.17) is 9.47 Å². The number of unbranched alkanes of at least 4 members (excludes halogenated alkanes) is 32. The van der Waals surface area contributed by atoms with Gasteiger partial charge in [-0.1, -0.05) is 218 Å².